The zero-order valence-electron chi connectivity index (χ0n) is 10.7. The Bertz CT molecular complexity index is 608. The highest BCUT2D eigenvalue weighted by Crippen LogP contribution is 2.28. The third-order valence-corrected chi connectivity index (χ3v) is 3.23. The first kappa shape index (κ1) is 14.6. The number of anilines is 2. The van der Waals surface area contributed by atoms with Gasteiger partial charge in [-0.1, -0.05) is 29.3 Å². The molecule has 20 heavy (non-hydrogen) atoms. The van der Waals surface area contributed by atoms with Gasteiger partial charge in [0.15, 0.2) is 5.82 Å². The third kappa shape index (κ3) is 3.22. The number of halogens is 2. The molecule has 0 fully saturated rings. The van der Waals surface area contributed by atoms with E-state index in [0.717, 1.165) is 5.56 Å². The largest absolute Gasteiger partial charge is 0.496 e. The van der Waals surface area contributed by atoms with Crippen LogP contribution in [0.15, 0.2) is 24.4 Å². The monoisotopic (exact) mass is 313 g/mol. The van der Waals surface area contributed by atoms with Crippen LogP contribution in [-0.4, -0.2) is 17.1 Å². The fourth-order valence-corrected chi connectivity index (χ4v) is 2.02. The van der Waals surface area contributed by atoms with E-state index in [9.17, 15) is 0 Å². The van der Waals surface area contributed by atoms with Crippen molar-refractivity contribution in [2.24, 2.45) is 5.84 Å². The van der Waals surface area contributed by atoms with Crippen LogP contribution < -0.4 is 21.3 Å². The molecule has 1 heterocycles. The number of methoxy groups -OCH3 is 1. The second-order valence-electron chi connectivity index (χ2n) is 3.81. The van der Waals surface area contributed by atoms with Crippen LogP contribution in [0.4, 0.5) is 11.8 Å². The lowest BCUT2D eigenvalue weighted by atomic mass is 10.2. The molecule has 0 saturated carbocycles. The maximum Gasteiger partial charge on any atom is 0.239 e. The topological polar surface area (TPSA) is 85.1 Å². The molecule has 8 heteroatoms. The number of nitrogens with two attached hydrogens (primary N) is 1. The molecular formula is C12H13Cl2N5O. The Morgan fingerprint density at radius 2 is 2.10 bits per heavy atom. The fraction of sp³-hybridized carbons (Fsp3) is 0.167. The van der Waals surface area contributed by atoms with Crippen LogP contribution >= 0.6 is 23.2 Å². The first-order chi connectivity index (χ1) is 9.65. The van der Waals surface area contributed by atoms with Crippen LogP contribution in [0.2, 0.25) is 10.0 Å². The van der Waals surface area contributed by atoms with Crippen molar-refractivity contribution in [1.82, 2.24) is 9.97 Å². The Labute approximate surface area is 126 Å². The molecule has 1 aromatic heterocycles. The number of nitrogen functional groups attached to an aromatic ring is 1. The predicted molar refractivity (Wildman–Crippen MR) is 80.2 cm³/mol. The highest BCUT2D eigenvalue weighted by Gasteiger charge is 2.10. The van der Waals surface area contributed by atoms with Gasteiger partial charge in [-0.15, -0.1) is 0 Å². The van der Waals surface area contributed by atoms with Crippen LogP contribution in [0.3, 0.4) is 0 Å². The molecule has 0 amide bonds. The molecule has 6 nitrogen and oxygen atoms in total. The van der Waals surface area contributed by atoms with Crippen LogP contribution in [-0.2, 0) is 6.54 Å². The zero-order valence-corrected chi connectivity index (χ0v) is 12.2. The zero-order chi connectivity index (χ0) is 14.5. The summed E-state index contributed by atoms with van der Waals surface area (Å²) in [7, 11) is 1.59. The SMILES string of the molecule is COc1cccc(Cl)c1CNc1nc(NN)ncc1Cl. The number of rotatable bonds is 5. The lowest BCUT2D eigenvalue weighted by Gasteiger charge is -2.12. The van der Waals surface area contributed by atoms with Crippen molar-refractivity contribution < 1.29 is 4.74 Å². The Balaban J connectivity index is 2.21. The molecule has 0 atom stereocenters. The first-order valence-electron chi connectivity index (χ1n) is 5.70. The maximum atomic E-state index is 6.15. The first-order valence-corrected chi connectivity index (χ1v) is 6.45. The van der Waals surface area contributed by atoms with E-state index in [4.69, 9.17) is 33.8 Å². The van der Waals surface area contributed by atoms with Gasteiger partial charge in [0.25, 0.3) is 0 Å². The summed E-state index contributed by atoms with van der Waals surface area (Å²) in [6, 6.07) is 5.44. The minimum atomic E-state index is 0.267. The molecular weight excluding hydrogens is 301 g/mol. The van der Waals surface area contributed by atoms with Crippen molar-refractivity contribution in [3.8, 4) is 5.75 Å². The summed E-state index contributed by atoms with van der Waals surface area (Å²) in [6.45, 7) is 0.406. The lowest BCUT2D eigenvalue weighted by molar-refractivity contribution is 0.410. The number of benzene rings is 1. The van der Waals surface area contributed by atoms with Gasteiger partial charge < -0.3 is 10.1 Å². The van der Waals surface area contributed by atoms with Crippen molar-refractivity contribution in [3.05, 3.63) is 40.0 Å². The van der Waals surface area contributed by atoms with E-state index in [2.05, 4.69) is 20.7 Å². The molecule has 4 N–H and O–H groups in total. The summed E-state index contributed by atoms with van der Waals surface area (Å²) in [5.41, 5.74) is 3.17. The molecule has 0 spiro atoms. The van der Waals surface area contributed by atoms with Crippen molar-refractivity contribution in [2.75, 3.05) is 17.9 Å². The molecule has 106 valence electrons. The number of hydrazine groups is 1. The van der Waals surface area contributed by atoms with Gasteiger partial charge in [-0.05, 0) is 12.1 Å². The van der Waals surface area contributed by atoms with Crippen molar-refractivity contribution in [3.63, 3.8) is 0 Å². The Morgan fingerprint density at radius 1 is 1.30 bits per heavy atom. The average Bonchev–Trinajstić information content (AvgIpc) is 2.47. The van der Waals surface area contributed by atoms with Gasteiger partial charge in [0, 0.05) is 17.1 Å². The van der Waals surface area contributed by atoms with E-state index in [0.29, 0.717) is 28.2 Å². The second kappa shape index (κ2) is 6.60. The predicted octanol–water partition coefficient (Wildman–Crippen LogP) is 2.69. The molecule has 0 unspecified atom stereocenters. The number of aromatic nitrogens is 2. The highest BCUT2D eigenvalue weighted by molar-refractivity contribution is 6.33. The molecule has 1 aromatic carbocycles. The van der Waals surface area contributed by atoms with Gasteiger partial charge in [-0.25, -0.2) is 10.8 Å². The van der Waals surface area contributed by atoms with Gasteiger partial charge in [-0.2, -0.15) is 4.98 Å². The second-order valence-corrected chi connectivity index (χ2v) is 4.62. The summed E-state index contributed by atoms with van der Waals surface area (Å²) in [5.74, 6) is 6.67. The summed E-state index contributed by atoms with van der Waals surface area (Å²) in [4.78, 5) is 8.01. The summed E-state index contributed by atoms with van der Waals surface area (Å²) >= 11 is 12.2. The van der Waals surface area contributed by atoms with Gasteiger partial charge in [0.05, 0.1) is 13.3 Å². The molecule has 0 aliphatic carbocycles. The molecule has 0 saturated heterocycles. The fourth-order valence-electron chi connectivity index (χ4n) is 1.63. The van der Waals surface area contributed by atoms with Gasteiger partial charge in [0.1, 0.15) is 10.8 Å². The van der Waals surface area contributed by atoms with Gasteiger partial charge in [0.2, 0.25) is 5.95 Å². The summed E-state index contributed by atoms with van der Waals surface area (Å²) < 4.78 is 5.27. The van der Waals surface area contributed by atoms with E-state index >= 15 is 0 Å². The summed E-state index contributed by atoms with van der Waals surface area (Å²) in [6.07, 6.45) is 1.45. The van der Waals surface area contributed by atoms with Crippen molar-refractivity contribution >= 4 is 35.0 Å². The number of hydrogen-bond donors (Lipinski definition) is 3. The average molecular weight is 314 g/mol. The van der Waals surface area contributed by atoms with Gasteiger partial charge >= 0.3 is 0 Å². The van der Waals surface area contributed by atoms with E-state index in [-0.39, 0.29) is 5.95 Å². The van der Waals surface area contributed by atoms with E-state index in [1.165, 1.54) is 6.20 Å². The number of nitrogens with zero attached hydrogens (tertiary/aromatic N) is 2. The molecule has 0 aliphatic rings. The molecule has 0 aliphatic heterocycles. The maximum absolute atomic E-state index is 6.15. The normalized spacial score (nSPS) is 10.2. The van der Waals surface area contributed by atoms with E-state index in [1.54, 1.807) is 13.2 Å². The van der Waals surface area contributed by atoms with Crippen molar-refractivity contribution in [1.29, 1.82) is 0 Å². The van der Waals surface area contributed by atoms with Gasteiger partial charge in [-0.3, -0.25) is 5.43 Å². The smallest absolute Gasteiger partial charge is 0.239 e. The quantitative estimate of drug-likeness (QED) is 0.581. The standard InChI is InChI=1S/C12H13Cl2N5O/c1-20-10-4-2-3-8(13)7(10)5-16-11-9(14)6-17-12(18-11)19-15/h2-4,6H,5,15H2,1H3,(H2,16,17,18,19). The molecule has 0 radical (unpaired) electrons. The molecule has 2 aromatic rings. The van der Waals surface area contributed by atoms with Crippen molar-refractivity contribution in [2.45, 2.75) is 6.54 Å². The van der Waals surface area contributed by atoms with E-state index < -0.39 is 0 Å². The Hall–Kier alpha value is -1.76. The molecule has 0 bridgehead atoms. The Morgan fingerprint density at radius 3 is 2.80 bits per heavy atom. The number of nitrogens with one attached hydrogen (secondary N) is 2. The minimum Gasteiger partial charge on any atom is -0.496 e. The number of hydrogen-bond acceptors (Lipinski definition) is 6. The Kier molecular flexibility index (Phi) is 4.84. The van der Waals surface area contributed by atoms with Crippen LogP contribution in [0, 0.1) is 0 Å². The van der Waals surface area contributed by atoms with E-state index in [1.807, 2.05) is 12.1 Å². The lowest BCUT2D eigenvalue weighted by Crippen LogP contribution is -2.12. The van der Waals surface area contributed by atoms with Crippen LogP contribution in [0.5, 0.6) is 5.75 Å². The number of ether oxygens (including phenoxy) is 1. The van der Waals surface area contributed by atoms with Crippen LogP contribution in [0.1, 0.15) is 5.56 Å². The minimum absolute atomic E-state index is 0.267. The molecule has 2 rings (SSSR count). The third-order valence-electron chi connectivity index (χ3n) is 2.60. The summed E-state index contributed by atoms with van der Waals surface area (Å²) in [5, 5.41) is 4.06. The van der Waals surface area contributed by atoms with Crippen LogP contribution in [0.25, 0.3) is 0 Å². The highest BCUT2D eigenvalue weighted by atomic mass is 35.5.